The van der Waals surface area contributed by atoms with E-state index in [9.17, 15) is 13.6 Å². The maximum absolute atomic E-state index is 12.0. The third-order valence-corrected chi connectivity index (χ3v) is 2.22. The van der Waals surface area contributed by atoms with E-state index >= 15 is 0 Å². The van der Waals surface area contributed by atoms with Crippen LogP contribution in [0.25, 0.3) is 0 Å². The number of benzene rings is 1. The van der Waals surface area contributed by atoms with Crippen molar-refractivity contribution in [2.24, 2.45) is 0 Å². The average molecular weight is 249 g/mol. The number of carbonyl (C=O) groups is 1. The van der Waals surface area contributed by atoms with Crippen LogP contribution in [0, 0.1) is 6.92 Å². The molecule has 1 aromatic rings. The van der Waals surface area contributed by atoms with Gasteiger partial charge in [-0.1, -0.05) is 0 Å². The zero-order chi connectivity index (χ0) is 12.1. The van der Waals surface area contributed by atoms with Crippen LogP contribution in [0.3, 0.4) is 0 Å². The molecule has 0 heterocycles. The predicted molar refractivity (Wildman–Crippen MR) is 57.5 cm³/mol. The molecule has 0 aromatic heterocycles. The molecular weight excluding hydrogens is 238 g/mol. The lowest BCUT2D eigenvalue weighted by Crippen LogP contribution is -2.05. The van der Waals surface area contributed by atoms with Crippen LogP contribution in [-0.4, -0.2) is 18.3 Å². The summed E-state index contributed by atoms with van der Waals surface area (Å²) in [5, 5.41) is 0. The number of aryl methyl sites for hydroxylation is 1. The first kappa shape index (κ1) is 12.9. The summed E-state index contributed by atoms with van der Waals surface area (Å²) in [6, 6.07) is 4.34. The van der Waals surface area contributed by atoms with E-state index in [0.29, 0.717) is 11.1 Å². The molecule has 0 amide bonds. The van der Waals surface area contributed by atoms with Crippen molar-refractivity contribution < 1.29 is 18.3 Å². The Labute approximate surface area is 97.2 Å². The van der Waals surface area contributed by atoms with Crippen molar-refractivity contribution in [1.29, 1.82) is 0 Å². The molecule has 5 heteroatoms. The fourth-order valence-electron chi connectivity index (χ4n) is 1.28. The molecule has 16 heavy (non-hydrogen) atoms. The number of hydrogen-bond donors (Lipinski definition) is 0. The Morgan fingerprint density at radius 3 is 2.69 bits per heavy atom. The monoisotopic (exact) mass is 248 g/mol. The molecule has 0 atom stereocenters. The van der Waals surface area contributed by atoms with Gasteiger partial charge in [0.15, 0.2) is 5.78 Å². The summed E-state index contributed by atoms with van der Waals surface area (Å²) in [5.74, 6) is 0.215. The molecule has 1 rings (SSSR count). The topological polar surface area (TPSA) is 26.3 Å². The van der Waals surface area contributed by atoms with Crippen molar-refractivity contribution in [3.05, 3.63) is 29.3 Å². The van der Waals surface area contributed by atoms with Gasteiger partial charge in [-0.3, -0.25) is 4.79 Å². The van der Waals surface area contributed by atoms with Gasteiger partial charge in [0.25, 0.3) is 0 Å². The smallest absolute Gasteiger partial charge is 0.387 e. The molecule has 0 saturated heterocycles. The van der Waals surface area contributed by atoms with Crippen LogP contribution in [0.2, 0.25) is 0 Å². The zero-order valence-corrected chi connectivity index (χ0v) is 9.43. The van der Waals surface area contributed by atoms with Crippen LogP contribution in [0.4, 0.5) is 8.78 Å². The second kappa shape index (κ2) is 5.80. The van der Waals surface area contributed by atoms with Gasteiger partial charge in [-0.2, -0.15) is 8.78 Å². The van der Waals surface area contributed by atoms with Crippen LogP contribution in [0.1, 0.15) is 22.3 Å². The summed E-state index contributed by atoms with van der Waals surface area (Å²) in [5.41, 5.74) is 0.959. The molecule has 0 aliphatic rings. The maximum atomic E-state index is 12.0. The number of halogens is 3. The Morgan fingerprint density at radius 2 is 2.19 bits per heavy atom. The van der Waals surface area contributed by atoms with Gasteiger partial charge >= 0.3 is 6.61 Å². The van der Waals surface area contributed by atoms with Gasteiger partial charge in [0, 0.05) is 17.9 Å². The molecular formula is C11H11ClF2O2. The van der Waals surface area contributed by atoms with E-state index in [1.54, 1.807) is 6.92 Å². The second-order valence-electron chi connectivity index (χ2n) is 3.22. The van der Waals surface area contributed by atoms with E-state index in [4.69, 9.17) is 11.6 Å². The lowest BCUT2D eigenvalue weighted by Gasteiger charge is -2.08. The number of rotatable bonds is 5. The molecule has 1 aromatic carbocycles. The highest BCUT2D eigenvalue weighted by molar-refractivity contribution is 6.19. The first-order valence-corrected chi connectivity index (χ1v) is 5.22. The molecule has 0 N–H and O–H groups in total. The number of hydrogen-bond acceptors (Lipinski definition) is 2. The van der Waals surface area contributed by atoms with Crippen molar-refractivity contribution in [1.82, 2.24) is 0 Å². The summed E-state index contributed by atoms with van der Waals surface area (Å²) in [6.07, 6.45) is 0.232. The van der Waals surface area contributed by atoms with E-state index < -0.39 is 6.61 Å². The first-order chi connectivity index (χ1) is 7.54. The third-order valence-electron chi connectivity index (χ3n) is 2.03. The summed E-state index contributed by atoms with van der Waals surface area (Å²) < 4.78 is 28.2. The molecule has 0 fully saturated rings. The minimum atomic E-state index is -2.86. The Balaban J connectivity index is 2.86. The van der Waals surface area contributed by atoms with Crippen molar-refractivity contribution in [3.63, 3.8) is 0 Å². The first-order valence-electron chi connectivity index (χ1n) is 4.69. The van der Waals surface area contributed by atoms with Crippen LogP contribution in [-0.2, 0) is 0 Å². The highest BCUT2D eigenvalue weighted by Gasteiger charge is 2.10. The van der Waals surface area contributed by atoms with E-state index in [-0.39, 0.29) is 23.8 Å². The number of alkyl halides is 3. The Hall–Kier alpha value is -1.16. The molecule has 0 aliphatic heterocycles. The van der Waals surface area contributed by atoms with Crippen LogP contribution < -0.4 is 4.74 Å². The summed E-state index contributed by atoms with van der Waals surface area (Å²) in [4.78, 5) is 11.5. The minimum Gasteiger partial charge on any atom is -0.435 e. The van der Waals surface area contributed by atoms with Crippen LogP contribution in [0.5, 0.6) is 5.75 Å². The molecule has 2 nitrogen and oxygen atoms in total. The Bertz CT molecular complexity index is 380. The normalized spacial score (nSPS) is 10.6. The fraction of sp³-hybridized carbons (Fsp3) is 0.364. The largest absolute Gasteiger partial charge is 0.435 e. The molecule has 0 spiro atoms. The third kappa shape index (κ3) is 3.45. The molecule has 0 radical (unpaired) electrons. The maximum Gasteiger partial charge on any atom is 0.387 e. The molecule has 0 unspecified atom stereocenters. The van der Waals surface area contributed by atoms with Gasteiger partial charge in [-0.25, -0.2) is 0 Å². The standard InChI is InChI=1S/C11H11ClF2O2/c1-7-6-8(9(15)4-5-12)2-3-10(7)16-11(13)14/h2-3,6,11H,4-5H2,1H3. The average Bonchev–Trinajstić information content (AvgIpc) is 2.20. The molecule has 0 saturated carbocycles. The van der Waals surface area contributed by atoms with Crippen molar-refractivity contribution in [2.45, 2.75) is 20.0 Å². The number of ketones is 1. The van der Waals surface area contributed by atoms with Gasteiger partial charge in [0.05, 0.1) is 0 Å². The highest BCUT2D eigenvalue weighted by Crippen LogP contribution is 2.21. The SMILES string of the molecule is Cc1cc(C(=O)CCCl)ccc1OC(F)F. The molecule has 0 aliphatic carbocycles. The fourth-order valence-corrected chi connectivity index (χ4v) is 1.45. The summed E-state index contributed by atoms with van der Waals surface area (Å²) >= 11 is 5.44. The van der Waals surface area contributed by atoms with E-state index in [1.807, 2.05) is 0 Å². The second-order valence-corrected chi connectivity index (χ2v) is 3.60. The lowest BCUT2D eigenvalue weighted by atomic mass is 10.1. The molecule has 88 valence electrons. The van der Waals surface area contributed by atoms with Crippen molar-refractivity contribution in [2.75, 3.05) is 5.88 Å². The van der Waals surface area contributed by atoms with Gasteiger partial charge in [-0.15, -0.1) is 11.6 Å². The van der Waals surface area contributed by atoms with Gasteiger partial charge in [0.2, 0.25) is 0 Å². The van der Waals surface area contributed by atoms with Gasteiger partial charge in [-0.05, 0) is 30.7 Å². The van der Waals surface area contributed by atoms with Crippen LogP contribution >= 0.6 is 11.6 Å². The predicted octanol–water partition coefficient (Wildman–Crippen LogP) is 3.41. The van der Waals surface area contributed by atoms with E-state index in [2.05, 4.69) is 4.74 Å². The Kier molecular flexibility index (Phi) is 4.68. The quantitative estimate of drug-likeness (QED) is 0.590. The number of Topliss-reactive ketones (excluding diaryl/α,β-unsaturated/α-hetero) is 1. The lowest BCUT2D eigenvalue weighted by molar-refractivity contribution is -0.0502. The van der Waals surface area contributed by atoms with Crippen molar-refractivity contribution >= 4 is 17.4 Å². The summed E-state index contributed by atoms with van der Waals surface area (Å²) in [7, 11) is 0. The molecule has 0 bridgehead atoms. The zero-order valence-electron chi connectivity index (χ0n) is 8.67. The Morgan fingerprint density at radius 1 is 1.50 bits per heavy atom. The summed E-state index contributed by atoms with van der Waals surface area (Å²) in [6.45, 7) is -1.25. The van der Waals surface area contributed by atoms with Gasteiger partial charge in [0.1, 0.15) is 5.75 Å². The highest BCUT2D eigenvalue weighted by atomic mass is 35.5. The van der Waals surface area contributed by atoms with E-state index in [0.717, 1.165) is 0 Å². The minimum absolute atomic E-state index is 0.0809. The van der Waals surface area contributed by atoms with Gasteiger partial charge < -0.3 is 4.74 Å². The van der Waals surface area contributed by atoms with Crippen molar-refractivity contribution in [3.8, 4) is 5.75 Å². The van der Waals surface area contributed by atoms with Crippen LogP contribution in [0.15, 0.2) is 18.2 Å². The van der Waals surface area contributed by atoms with E-state index in [1.165, 1.54) is 18.2 Å². The number of carbonyl (C=O) groups excluding carboxylic acids is 1. The number of ether oxygens (including phenoxy) is 1.